The highest BCUT2D eigenvalue weighted by Crippen LogP contribution is 2.27. The van der Waals surface area contributed by atoms with E-state index < -0.39 is 0 Å². The lowest BCUT2D eigenvalue weighted by Gasteiger charge is -2.13. The van der Waals surface area contributed by atoms with Crippen molar-refractivity contribution in [1.29, 1.82) is 0 Å². The summed E-state index contributed by atoms with van der Waals surface area (Å²) in [5, 5.41) is 11.0. The summed E-state index contributed by atoms with van der Waals surface area (Å²) in [6.07, 6.45) is 1.07. The van der Waals surface area contributed by atoms with Gasteiger partial charge in [-0.2, -0.15) is 5.10 Å². The third-order valence-electron chi connectivity index (χ3n) is 2.50. The van der Waals surface area contributed by atoms with Gasteiger partial charge in [0.25, 0.3) is 0 Å². The number of hydrogen-bond donors (Lipinski definition) is 2. The highest BCUT2D eigenvalue weighted by atomic mass is 15.2. The third kappa shape index (κ3) is 3.26. The van der Waals surface area contributed by atoms with E-state index in [1.165, 1.54) is 11.3 Å². The standard InChI is InChI=1S/C13H25N3/c1-8(2)7-11-12(9(3)4)13(16-15-11)14-10(5)6/h8-10H,7H2,1-6H3,(H2,14,15,16). The van der Waals surface area contributed by atoms with E-state index in [2.05, 4.69) is 57.1 Å². The van der Waals surface area contributed by atoms with E-state index in [1.54, 1.807) is 0 Å². The molecule has 0 bridgehead atoms. The van der Waals surface area contributed by atoms with E-state index in [-0.39, 0.29) is 0 Å². The first kappa shape index (κ1) is 13.1. The van der Waals surface area contributed by atoms with Crippen molar-refractivity contribution in [2.45, 2.75) is 59.9 Å². The Labute approximate surface area is 99.0 Å². The summed E-state index contributed by atoms with van der Waals surface area (Å²) < 4.78 is 0. The number of nitrogens with zero attached hydrogens (tertiary/aromatic N) is 1. The molecule has 0 saturated carbocycles. The highest BCUT2D eigenvalue weighted by Gasteiger charge is 2.17. The van der Waals surface area contributed by atoms with Crippen LogP contribution in [0.25, 0.3) is 0 Å². The molecule has 0 saturated heterocycles. The molecule has 0 radical (unpaired) electrons. The Morgan fingerprint density at radius 1 is 1.12 bits per heavy atom. The van der Waals surface area contributed by atoms with Crippen molar-refractivity contribution in [3.05, 3.63) is 11.3 Å². The second-order valence-electron chi connectivity index (χ2n) is 5.52. The first-order valence-corrected chi connectivity index (χ1v) is 6.25. The van der Waals surface area contributed by atoms with Crippen LogP contribution in [-0.2, 0) is 6.42 Å². The molecule has 1 rings (SSSR count). The molecular weight excluding hydrogens is 198 g/mol. The molecule has 3 heteroatoms. The van der Waals surface area contributed by atoms with Gasteiger partial charge in [-0.1, -0.05) is 27.7 Å². The Bertz CT molecular complexity index is 296. The Balaban J connectivity index is 2.97. The first-order valence-electron chi connectivity index (χ1n) is 6.25. The van der Waals surface area contributed by atoms with Crippen LogP contribution in [0.2, 0.25) is 0 Å². The number of aromatic amines is 1. The van der Waals surface area contributed by atoms with E-state index in [4.69, 9.17) is 0 Å². The quantitative estimate of drug-likeness (QED) is 0.801. The molecule has 0 aliphatic carbocycles. The number of hydrogen-bond acceptors (Lipinski definition) is 2. The largest absolute Gasteiger partial charge is 0.366 e. The molecule has 0 unspecified atom stereocenters. The van der Waals surface area contributed by atoms with Crippen LogP contribution in [0.15, 0.2) is 0 Å². The summed E-state index contributed by atoms with van der Waals surface area (Å²) in [6.45, 7) is 13.2. The molecule has 1 heterocycles. The molecule has 0 spiro atoms. The lowest BCUT2D eigenvalue weighted by Crippen LogP contribution is -2.12. The topological polar surface area (TPSA) is 40.7 Å². The van der Waals surface area contributed by atoms with Gasteiger partial charge < -0.3 is 5.32 Å². The SMILES string of the molecule is CC(C)Cc1[nH]nc(NC(C)C)c1C(C)C. The summed E-state index contributed by atoms with van der Waals surface area (Å²) >= 11 is 0. The van der Waals surface area contributed by atoms with Crippen molar-refractivity contribution in [2.24, 2.45) is 5.92 Å². The lowest BCUT2D eigenvalue weighted by molar-refractivity contribution is 0.626. The first-order chi connectivity index (χ1) is 7.41. The van der Waals surface area contributed by atoms with Crippen LogP contribution in [0.3, 0.4) is 0 Å². The van der Waals surface area contributed by atoms with Crippen LogP contribution < -0.4 is 5.32 Å². The average Bonchev–Trinajstić information content (AvgIpc) is 2.45. The number of anilines is 1. The second kappa shape index (κ2) is 5.37. The van der Waals surface area contributed by atoms with Crippen LogP contribution in [0.1, 0.15) is 58.7 Å². The summed E-state index contributed by atoms with van der Waals surface area (Å²) in [5.41, 5.74) is 2.63. The molecule has 0 aromatic carbocycles. The van der Waals surface area contributed by atoms with Gasteiger partial charge in [0.15, 0.2) is 5.82 Å². The van der Waals surface area contributed by atoms with E-state index in [0.29, 0.717) is 17.9 Å². The number of nitrogens with one attached hydrogen (secondary N) is 2. The van der Waals surface area contributed by atoms with Gasteiger partial charge in [0, 0.05) is 17.3 Å². The Kier molecular flexibility index (Phi) is 4.39. The van der Waals surface area contributed by atoms with Gasteiger partial charge in [-0.3, -0.25) is 5.10 Å². The molecule has 0 amide bonds. The highest BCUT2D eigenvalue weighted by molar-refractivity contribution is 5.49. The number of aromatic nitrogens is 2. The van der Waals surface area contributed by atoms with E-state index >= 15 is 0 Å². The van der Waals surface area contributed by atoms with Crippen molar-refractivity contribution >= 4 is 5.82 Å². The van der Waals surface area contributed by atoms with Gasteiger partial charge in [0.2, 0.25) is 0 Å². The summed E-state index contributed by atoms with van der Waals surface area (Å²) in [5.74, 6) is 2.19. The zero-order chi connectivity index (χ0) is 12.3. The van der Waals surface area contributed by atoms with Gasteiger partial charge in [-0.25, -0.2) is 0 Å². The van der Waals surface area contributed by atoms with E-state index in [1.807, 2.05) is 0 Å². The predicted molar refractivity (Wildman–Crippen MR) is 70.0 cm³/mol. The molecule has 2 N–H and O–H groups in total. The van der Waals surface area contributed by atoms with Crippen molar-refractivity contribution in [3.8, 4) is 0 Å². The zero-order valence-electron chi connectivity index (χ0n) is 11.4. The molecular formula is C13H25N3. The van der Waals surface area contributed by atoms with Gasteiger partial charge in [0.1, 0.15) is 0 Å². The minimum Gasteiger partial charge on any atom is -0.366 e. The summed E-state index contributed by atoms with van der Waals surface area (Å²) in [7, 11) is 0. The Morgan fingerprint density at radius 3 is 2.19 bits per heavy atom. The number of rotatable bonds is 5. The van der Waals surface area contributed by atoms with Gasteiger partial charge >= 0.3 is 0 Å². The normalized spacial score (nSPS) is 11.8. The van der Waals surface area contributed by atoms with Gasteiger partial charge in [-0.15, -0.1) is 0 Å². The zero-order valence-corrected chi connectivity index (χ0v) is 11.4. The van der Waals surface area contributed by atoms with Gasteiger partial charge in [0.05, 0.1) is 0 Å². The Hall–Kier alpha value is -0.990. The molecule has 3 nitrogen and oxygen atoms in total. The minimum atomic E-state index is 0.424. The van der Waals surface area contributed by atoms with Crippen molar-refractivity contribution < 1.29 is 0 Å². The van der Waals surface area contributed by atoms with Crippen LogP contribution in [0.4, 0.5) is 5.82 Å². The fourth-order valence-electron chi connectivity index (χ4n) is 1.96. The smallest absolute Gasteiger partial charge is 0.151 e. The van der Waals surface area contributed by atoms with E-state index in [9.17, 15) is 0 Å². The predicted octanol–water partition coefficient (Wildman–Crippen LogP) is 3.55. The lowest BCUT2D eigenvalue weighted by atomic mass is 9.97. The molecule has 16 heavy (non-hydrogen) atoms. The fourth-order valence-corrected chi connectivity index (χ4v) is 1.96. The molecule has 92 valence electrons. The Morgan fingerprint density at radius 2 is 1.75 bits per heavy atom. The summed E-state index contributed by atoms with van der Waals surface area (Å²) in [6, 6.07) is 0.424. The molecule has 0 atom stereocenters. The number of H-pyrrole nitrogens is 1. The monoisotopic (exact) mass is 223 g/mol. The molecule has 0 aliphatic rings. The maximum Gasteiger partial charge on any atom is 0.151 e. The van der Waals surface area contributed by atoms with Crippen LogP contribution in [0.5, 0.6) is 0 Å². The molecule has 0 fully saturated rings. The van der Waals surface area contributed by atoms with Crippen molar-refractivity contribution in [2.75, 3.05) is 5.32 Å². The summed E-state index contributed by atoms with van der Waals surface area (Å²) in [4.78, 5) is 0. The van der Waals surface area contributed by atoms with Gasteiger partial charge in [-0.05, 0) is 32.1 Å². The van der Waals surface area contributed by atoms with Crippen LogP contribution in [0, 0.1) is 5.92 Å². The fraction of sp³-hybridized carbons (Fsp3) is 0.769. The van der Waals surface area contributed by atoms with Crippen LogP contribution >= 0.6 is 0 Å². The maximum absolute atomic E-state index is 4.39. The molecule has 0 aliphatic heterocycles. The third-order valence-corrected chi connectivity index (χ3v) is 2.50. The maximum atomic E-state index is 4.39. The van der Waals surface area contributed by atoms with Crippen LogP contribution in [-0.4, -0.2) is 16.2 Å². The van der Waals surface area contributed by atoms with Crippen molar-refractivity contribution in [3.63, 3.8) is 0 Å². The molecule has 1 aromatic heterocycles. The van der Waals surface area contributed by atoms with E-state index in [0.717, 1.165) is 12.2 Å². The molecule has 1 aromatic rings. The minimum absolute atomic E-state index is 0.424. The second-order valence-corrected chi connectivity index (χ2v) is 5.52. The average molecular weight is 223 g/mol. The van der Waals surface area contributed by atoms with Crippen molar-refractivity contribution in [1.82, 2.24) is 10.2 Å².